The van der Waals surface area contributed by atoms with Gasteiger partial charge in [-0.1, -0.05) is 42.5 Å². The summed E-state index contributed by atoms with van der Waals surface area (Å²) in [6.45, 7) is 4.78. The van der Waals surface area contributed by atoms with Crippen molar-refractivity contribution in [1.29, 1.82) is 0 Å². The number of pyridine rings is 1. The van der Waals surface area contributed by atoms with Gasteiger partial charge in [-0.25, -0.2) is 17.9 Å². The molecule has 1 aromatic heterocycles. The fourth-order valence-corrected chi connectivity index (χ4v) is 5.46. The minimum atomic E-state index is -5.19. The molecule has 0 aliphatic heterocycles. The number of fused-ring (bicyclic) bond motifs is 2. The number of carboxylic acids is 1. The van der Waals surface area contributed by atoms with Gasteiger partial charge in [-0.3, -0.25) is 0 Å². The molecule has 0 saturated carbocycles. The van der Waals surface area contributed by atoms with E-state index in [9.17, 15) is 26.4 Å². The normalized spacial score (nSPS) is 11.7. The van der Waals surface area contributed by atoms with Gasteiger partial charge in [-0.05, 0) is 37.1 Å². The molecular formula is C29H30F3N3O6S. The summed E-state index contributed by atoms with van der Waals surface area (Å²) in [5, 5.41) is 10.3. The van der Waals surface area contributed by atoms with Crippen LogP contribution in [0.25, 0.3) is 21.8 Å². The Morgan fingerprint density at radius 2 is 1.43 bits per heavy atom. The van der Waals surface area contributed by atoms with Gasteiger partial charge >= 0.3 is 12.1 Å². The molecule has 0 unspecified atom stereocenters. The van der Waals surface area contributed by atoms with E-state index in [0.29, 0.717) is 24.3 Å². The number of nitrogens with zero attached hydrogens (tertiary/aromatic N) is 1. The maximum atomic E-state index is 13.6. The van der Waals surface area contributed by atoms with E-state index in [1.54, 1.807) is 0 Å². The molecule has 42 heavy (non-hydrogen) atoms. The fourth-order valence-electron chi connectivity index (χ4n) is 4.38. The highest BCUT2D eigenvalue weighted by Crippen LogP contribution is 2.29. The first-order valence-corrected chi connectivity index (χ1v) is 14.5. The van der Waals surface area contributed by atoms with Crippen LogP contribution in [0.4, 0.5) is 13.2 Å². The number of aliphatic carboxylic acids is 1. The summed E-state index contributed by atoms with van der Waals surface area (Å²) < 4.78 is 66.5. The highest BCUT2D eigenvalue weighted by molar-refractivity contribution is 7.89. The Labute approximate surface area is 240 Å². The molecule has 0 aliphatic rings. The van der Waals surface area contributed by atoms with Crippen molar-refractivity contribution in [3.8, 4) is 5.75 Å². The van der Waals surface area contributed by atoms with E-state index < -0.39 is 28.1 Å². The third-order valence-electron chi connectivity index (χ3n) is 6.23. The lowest BCUT2D eigenvalue weighted by molar-refractivity contribution is -0.645. The van der Waals surface area contributed by atoms with E-state index in [1.807, 2.05) is 80.6 Å². The number of ether oxygens (including phenoxy) is 1. The number of esters is 1. The number of sulfonamides is 1. The average molecular weight is 606 g/mol. The molecule has 0 atom stereocenters. The van der Waals surface area contributed by atoms with Crippen molar-refractivity contribution in [1.82, 2.24) is 4.72 Å². The van der Waals surface area contributed by atoms with Gasteiger partial charge in [-0.2, -0.15) is 17.7 Å². The quantitative estimate of drug-likeness (QED) is 0.129. The second-order valence-corrected chi connectivity index (χ2v) is 11.2. The molecule has 224 valence electrons. The predicted molar refractivity (Wildman–Crippen MR) is 149 cm³/mol. The van der Waals surface area contributed by atoms with Crippen molar-refractivity contribution >= 4 is 43.8 Å². The van der Waals surface area contributed by atoms with Crippen LogP contribution in [0.5, 0.6) is 5.75 Å². The highest BCUT2D eigenvalue weighted by Gasteiger charge is 2.29. The maximum absolute atomic E-state index is 13.6. The van der Waals surface area contributed by atoms with Crippen LogP contribution >= 0.6 is 0 Å². The van der Waals surface area contributed by atoms with Gasteiger partial charge in [0.25, 0.3) is 0 Å². The predicted octanol–water partition coefficient (Wildman–Crippen LogP) is 2.68. The van der Waals surface area contributed by atoms with Crippen molar-refractivity contribution in [3.63, 3.8) is 0 Å². The van der Waals surface area contributed by atoms with Crippen LogP contribution in [-0.2, 0) is 21.4 Å². The number of nitrogens with one attached hydrogen (secondary N) is 1. The number of hydrogen-bond acceptors (Lipinski definition) is 7. The van der Waals surface area contributed by atoms with Crippen LogP contribution < -0.4 is 24.9 Å². The van der Waals surface area contributed by atoms with Crippen molar-refractivity contribution in [2.75, 3.05) is 18.8 Å². The molecule has 0 bridgehead atoms. The number of aryl methyl sites for hydroxylation is 3. The Hall–Kier alpha value is -4.07. The Morgan fingerprint density at radius 1 is 0.929 bits per heavy atom. The summed E-state index contributed by atoms with van der Waals surface area (Å²) in [6, 6.07) is 21.1. The first-order valence-electron chi connectivity index (χ1n) is 12.8. The van der Waals surface area contributed by atoms with Crippen LogP contribution in [0, 0.1) is 13.8 Å². The molecule has 9 nitrogen and oxygen atoms in total. The number of hydrogen-bond donors (Lipinski definition) is 2. The standard InChI is InChI=1S/C27H30N3O4S.C2HF3O2/c1-19-9-7-10-20(2)26(19)34-27(31)25-21-11-3-5-13-23(21)30(24-14-6-4-12-22(24)25)17-8-18-35(32,33)29-16-15-28;3-2(4,5)1(6)7/h3-7,9-14,29H,8,15-18,28H2,1-2H3;(H,6,7)/q+1;/p-1. The lowest BCUT2D eigenvalue weighted by Crippen LogP contribution is -2.38. The molecule has 0 radical (unpaired) electrons. The van der Waals surface area contributed by atoms with E-state index in [2.05, 4.69) is 9.29 Å². The Morgan fingerprint density at radius 3 is 1.90 bits per heavy atom. The van der Waals surface area contributed by atoms with Crippen molar-refractivity contribution in [2.24, 2.45) is 5.73 Å². The molecule has 0 aliphatic carbocycles. The summed E-state index contributed by atoms with van der Waals surface area (Å²) in [7, 11) is -3.40. The van der Waals surface area contributed by atoms with Crippen LogP contribution in [0.2, 0.25) is 0 Å². The summed E-state index contributed by atoms with van der Waals surface area (Å²) in [4.78, 5) is 22.4. The first kappa shape index (κ1) is 32.4. The van der Waals surface area contributed by atoms with Gasteiger partial charge < -0.3 is 20.4 Å². The molecule has 13 heteroatoms. The number of carboxylic acid groups (broad SMARTS) is 1. The van der Waals surface area contributed by atoms with Gasteiger partial charge in [0.1, 0.15) is 11.7 Å². The van der Waals surface area contributed by atoms with Crippen LogP contribution in [-0.4, -0.2) is 45.4 Å². The fraction of sp³-hybridized carbons (Fsp3) is 0.276. The number of alkyl halides is 3. The number of benzene rings is 3. The van der Waals surface area contributed by atoms with E-state index in [1.165, 1.54) is 0 Å². The van der Waals surface area contributed by atoms with Crippen molar-refractivity contribution in [3.05, 3.63) is 83.4 Å². The Kier molecular flexibility index (Phi) is 10.6. The third kappa shape index (κ3) is 8.02. The summed E-state index contributed by atoms with van der Waals surface area (Å²) in [5.74, 6) is -2.88. The second-order valence-electron chi connectivity index (χ2n) is 9.31. The molecule has 0 saturated heterocycles. The Bertz CT molecular complexity index is 1630. The molecule has 0 amide bonds. The topological polar surface area (TPSA) is 142 Å². The monoisotopic (exact) mass is 605 g/mol. The minimum absolute atomic E-state index is 0.0149. The van der Waals surface area contributed by atoms with Crippen molar-refractivity contribution in [2.45, 2.75) is 33.0 Å². The summed E-state index contributed by atoms with van der Waals surface area (Å²) in [6.07, 6.45) is -4.79. The molecule has 3 N–H and O–H groups in total. The number of para-hydroxylation sites is 3. The number of aromatic nitrogens is 1. The number of nitrogens with two attached hydrogens (primary N) is 1. The zero-order chi connectivity index (χ0) is 31.1. The van der Waals surface area contributed by atoms with E-state index in [4.69, 9.17) is 20.4 Å². The molecule has 3 aromatic carbocycles. The van der Waals surface area contributed by atoms with Crippen molar-refractivity contribution < 1.29 is 45.6 Å². The van der Waals surface area contributed by atoms with Gasteiger partial charge in [0.05, 0.1) is 22.1 Å². The van der Waals surface area contributed by atoms with E-state index in [0.717, 1.165) is 32.9 Å². The lowest BCUT2D eigenvalue weighted by atomic mass is 10.0. The molecular weight excluding hydrogens is 575 g/mol. The number of halogens is 3. The van der Waals surface area contributed by atoms with Gasteiger partial charge in [-0.15, -0.1) is 0 Å². The zero-order valence-corrected chi connectivity index (χ0v) is 23.7. The molecule has 0 fully saturated rings. The maximum Gasteiger partial charge on any atom is 0.430 e. The third-order valence-corrected chi connectivity index (χ3v) is 7.70. The molecule has 0 spiro atoms. The lowest BCUT2D eigenvalue weighted by Gasteiger charge is -2.14. The van der Waals surface area contributed by atoms with Crippen LogP contribution in [0.1, 0.15) is 27.9 Å². The smallest absolute Gasteiger partial charge is 0.430 e. The first-order chi connectivity index (χ1) is 19.8. The van der Waals surface area contributed by atoms with Gasteiger partial charge in [0, 0.05) is 31.6 Å². The zero-order valence-electron chi connectivity index (χ0n) is 22.9. The number of rotatable bonds is 9. The minimum Gasteiger partial charge on any atom is -0.542 e. The second kappa shape index (κ2) is 13.7. The summed E-state index contributed by atoms with van der Waals surface area (Å²) >= 11 is 0. The molecule has 4 rings (SSSR count). The highest BCUT2D eigenvalue weighted by atomic mass is 32.2. The molecule has 4 aromatic rings. The van der Waals surface area contributed by atoms with E-state index >= 15 is 0 Å². The SMILES string of the molecule is Cc1cccc(C)c1OC(=O)c1c2ccccc2[n+](CCCS(=O)(=O)NCCN)c2ccccc12.O=C([O-])C(F)(F)F. The van der Waals surface area contributed by atoms with Gasteiger partial charge in [0.2, 0.25) is 21.1 Å². The summed E-state index contributed by atoms with van der Waals surface area (Å²) in [5.41, 5.74) is 9.37. The van der Waals surface area contributed by atoms with Gasteiger partial charge in [0.15, 0.2) is 6.54 Å². The van der Waals surface area contributed by atoms with Crippen LogP contribution in [0.15, 0.2) is 66.7 Å². The Balaban J connectivity index is 0.000000616. The van der Waals surface area contributed by atoms with Crippen LogP contribution in [0.3, 0.4) is 0 Å². The van der Waals surface area contributed by atoms with E-state index in [-0.39, 0.29) is 18.8 Å². The number of carbonyl (C=O) groups excluding carboxylic acids is 2. The number of carbonyl (C=O) groups is 2. The largest absolute Gasteiger partial charge is 0.542 e. The molecule has 1 heterocycles. The average Bonchev–Trinajstić information content (AvgIpc) is 2.93.